The van der Waals surface area contributed by atoms with E-state index < -0.39 is 0 Å². The Kier molecular flexibility index (Phi) is 10.1. The summed E-state index contributed by atoms with van der Waals surface area (Å²) in [6.45, 7) is 2.33. The minimum absolute atomic E-state index is 0.385. The first-order valence-corrected chi connectivity index (χ1v) is 11.3. The van der Waals surface area contributed by atoms with Gasteiger partial charge in [-0.05, 0) is 37.0 Å². The van der Waals surface area contributed by atoms with Gasteiger partial charge < -0.3 is 4.79 Å². The van der Waals surface area contributed by atoms with Crippen LogP contribution in [0.15, 0.2) is 0 Å². The lowest BCUT2D eigenvalue weighted by atomic mass is 9.77. The van der Waals surface area contributed by atoms with Crippen LogP contribution in [0.3, 0.4) is 0 Å². The molecule has 0 heterocycles. The van der Waals surface area contributed by atoms with Crippen LogP contribution in [-0.4, -0.2) is 6.29 Å². The monoisotopic (exact) mass is 334 g/mol. The molecule has 0 radical (unpaired) electrons. The first-order valence-electron chi connectivity index (χ1n) is 11.3. The fourth-order valence-corrected chi connectivity index (χ4v) is 5.36. The number of unbranched alkanes of at least 4 members (excludes halogenated alkanes) is 4. The lowest BCUT2D eigenvalue weighted by molar-refractivity contribution is -0.112. The van der Waals surface area contributed by atoms with Crippen molar-refractivity contribution in [3.63, 3.8) is 0 Å². The average molecular weight is 335 g/mol. The molecule has 4 unspecified atom stereocenters. The zero-order valence-electron chi connectivity index (χ0n) is 16.3. The van der Waals surface area contributed by atoms with Crippen molar-refractivity contribution in [1.82, 2.24) is 0 Å². The van der Waals surface area contributed by atoms with Gasteiger partial charge in [0.2, 0.25) is 0 Å². The second-order valence-electron chi connectivity index (χ2n) is 8.96. The summed E-state index contributed by atoms with van der Waals surface area (Å²) in [6.07, 6.45) is 25.2. The lowest BCUT2D eigenvalue weighted by Gasteiger charge is -2.29. The van der Waals surface area contributed by atoms with Gasteiger partial charge in [0.15, 0.2) is 0 Å². The van der Waals surface area contributed by atoms with Crippen molar-refractivity contribution in [1.29, 1.82) is 0 Å². The summed E-state index contributed by atoms with van der Waals surface area (Å²) >= 11 is 0. The fourth-order valence-electron chi connectivity index (χ4n) is 5.36. The Morgan fingerprint density at radius 1 is 0.708 bits per heavy atom. The zero-order chi connectivity index (χ0) is 17.0. The van der Waals surface area contributed by atoms with Gasteiger partial charge in [-0.15, -0.1) is 0 Å². The van der Waals surface area contributed by atoms with E-state index in [2.05, 4.69) is 6.92 Å². The molecule has 0 saturated heterocycles. The van der Waals surface area contributed by atoms with E-state index in [0.717, 1.165) is 24.2 Å². The molecule has 0 amide bonds. The molecule has 1 nitrogen and oxygen atoms in total. The standard InChI is InChI=1S/C23H42O/c1-2-3-10-20-13-8-14-21(17-20)11-6-4-5-7-12-22-15-9-16-23(18-22)19-24/h19-23H,2-18H2,1H3. The van der Waals surface area contributed by atoms with E-state index >= 15 is 0 Å². The topological polar surface area (TPSA) is 17.1 Å². The molecule has 4 atom stereocenters. The molecule has 0 spiro atoms. The summed E-state index contributed by atoms with van der Waals surface area (Å²) in [5.74, 6) is 3.34. The van der Waals surface area contributed by atoms with Gasteiger partial charge in [-0.25, -0.2) is 0 Å². The Labute approximate surface area is 151 Å². The van der Waals surface area contributed by atoms with E-state index in [4.69, 9.17) is 0 Å². The highest BCUT2D eigenvalue weighted by Crippen LogP contribution is 2.35. The van der Waals surface area contributed by atoms with Crippen LogP contribution in [-0.2, 0) is 4.79 Å². The van der Waals surface area contributed by atoms with Gasteiger partial charge in [0.05, 0.1) is 0 Å². The molecule has 0 aromatic carbocycles. The molecule has 2 rings (SSSR count). The van der Waals surface area contributed by atoms with Gasteiger partial charge in [-0.2, -0.15) is 0 Å². The van der Waals surface area contributed by atoms with Crippen molar-refractivity contribution in [2.45, 2.75) is 116 Å². The van der Waals surface area contributed by atoms with Crippen LogP contribution < -0.4 is 0 Å². The third-order valence-electron chi connectivity index (χ3n) is 6.85. The second kappa shape index (κ2) is 12.1. The van der Waals surface area contributed by atoms with Crippen molar-refractivity contribution >= 4 is 6.29 Å². The van der Waals surface area contributed by atoms with E-state index in [9.17, 15) is 4.79 Å². The van der Waals surface area contributed by atoms with Crippen molar-refractivity contribution in [2.24, 2.45) is 23.7 Å². The van der Waals surface area contributed by atoms with Crippen LogP contribution in [0.4, 0.5) is 0 Å². The van der Waals surface area contributed by atoms with Gasteiger partial charge >= 0.3 is 0 Å². The minimum Gasteiger partial charge on any atom is -0.303 e. The fraction of sp³-hybridized carbons (Fsp3) is 0.957. The summed E-state index contributed by atoms with van der Waals surface area (Å²) in [5.41, 5.74) is 0. The molecule has 2 aliphatic carbocycles. The number of carbonyl (C=O) groups is 1. The first kappa shape index (κ1) is 20.0. The third-order valence-corrected chi connectivity index (χ3v) is 6.85. The maximum Gasteiger partial charge on any atom is 0.123 e. The van der Waals surface area contributed by atoms with Gasteiger partial charge in [0.1, 0.15) is 6.29 Å². The van der Waals surface area contributed by atoms with E-state index in [1.807, 2.05) is 0 Å². The number of rotatable bonds is 11. The molecule has 2 fully saturated rings. The second-order valence-corrected chi connectivity index (χ2v) is 8.96. The van der Waals surface area contributed by atoms with Crippen molar-refractivity contribution in [3.05, 3.63) is 0 Å². The van der Waals surface area contributed by atoms with Crippen LogP contribution in [0, 0.1) is 23.7 Å². The van der Waals surface area contributed by atoms with Crippen LogP contribution >= 0.6 is 0 Å². The molecule has 0 bridgehead atoms. The molecule has 24 heavy (non-hydrogen) atoms. The maximum atomic E-state index is 11.0. The van der Waals surface area contributed by atoms with Gasteiger partial charge in [-0.3, -0.25) is 0 Å². The molecular formula is C23H42O. The Morgan fingerprint density at radius 2 is 1.25 bits per heavy atom. The molecule has 0 aromatic rings. The molecule has 2 aliphatic rings. The zero-order valence-corrected chi connectivity index (χ0v) is 16.3. The van der Waals surface area contributed by atoms with E-state index in [0.29, 0.717) is 5.92 Å². The first-order chi connectivity index (χ1) is 11.8. The predicted molar refractivity (Wildman–Crippen MR) is 104 cm³/mol. The summed E-state index contributed by atoms with van der Waals surface area (Å²) in [5, 5.41) is 0. The number of carbonyl (C=O) groups excluding carboxylic acids is 1. The van der Waals surface area contributed by atoms with Gasteiger partial charge in [0, 0.05) is 5.92 Å². The SMILES string of the molecule is CCCCC1CCCC(CCCCCCC2CCCC(C=O)C2)C1. The van der Waals surface area contributed by atoms with Crippen molar-refractivity contribution in [3.8, 4) is 0 Å². The van der Waals surface area contributed by atoms with E-state index in [-0.39, 0.29) is 0 Å². The average Bonchev–Trinajstić information content (AvgIpc) is 2.63. The largest absolute Gasteiger partial charge is 0.303 e. The number of hydrogen-bond donors (Lipinski definition) is 0. The van der Waals surface area contributed by atoms with E-state index in [1.165, 1.54) is 109 Å². The Bertz CT molecular complexity index is 324. The Hall–Kier alpha value is -0.330. The summed E-state index contributed by atoms with van der Waals surface area (Å²) in [7, 11) is 0. The predicted octanol–water partition coefficient (Wildman–Crippen LogP) is 7.33. The highest BCUT2D eigenvalue weighted by Gasteiger charge is 2.22. The van der Waals surface area contributed by atoms with Gasteiger partial charge in [-0.1, -0.05) is 96.8 Å². The normalized spacial score (nSPS) is 31.0. The molecule has 2 saturated carbocycles. The molecule has 140 valence electrons. The molecule has 0 aromatic heterocycles. The minimum atomic E-state index is 0.385. The van der Waals surface area contributed by atoms with Crippen LogP contribution in [0.25, 0.3) is 0 Å². The molecule has 0 aliphatic heterocycles. The molecule has 0 N–H and O–H groups in total. The van der Waals surface area contributed by atoms with Crippen molar-refractivity contribution in [2.75, 3.05) is 0 Å². The summed E-state index contributed by atoms with van der Waals surface area (Å²) in [6, 6.07) is 0. The van der Waals surface area contributed by atoms with Crippen LogP contribution in [0.1, 0.15) is 116 Å². The quantitative estimate of drug-likeness (QED) is 0.285. The van der Waals surface area contributed by atoms with Crippen LogP contribution in [0.5, 0.6) is 0 Å². The van der Waals surface area contributed by atoms with Crippen LogP contribution in [0.2, 0.25) is 0 Å². The summed E-state index contributed by atoms with van der Waals surface area (Å²) < 4.78 is 0. The lowest BCUT2D eigenvalue weighted by Crippen LogP contribution is -2.16. The van der Waals surface area contributed by atoms with Gasteiger partial charge in [0.25, 0.3) is 0 Å². The number of aldehydes is 1. The Balaban J connectivity index is 1.47. The smallest absolute Gasteiger partial charge is 0.123 e. The highest BCUT2D eigenvalue weighted by atomic mass is 16.1. The summed E-state index contributed by atoms with van der Waals surface area (Å²) in [4.78, 5) is 11.0. The molecular weight excluding hydrogens is 292 g/mol. The third kappa shape index (κ3) is 7.70. The highest BCUT2D eigenvalue weighted by molar-refractivity contribution is 5.53. The number of hydrogen-bond acceptors (Lipinski definition) is 1. The molecule has 1 heteroatoms. The van der Waals surface area contributed by atoms with E-state index in [1.54, 1.807) is 0 Å². The Morgan fingerprint density at radius 3 is 1.83 bits per heavy atom. The van der Waals surface area contributed by atoms with Crippen molar-refractivity contribution < 1.29 is 4.79 Å². The maximum absolute atomic E-state index is 11.0.